The first kappa shape index (κ1) is 18.8. The molecule has 1 saturated heterocycles. The molecule has 2 heterocycles. The van der Waals surface area contributed by atoms with Gasteiger partial charge >= 0.3 is 6.09 Å². The highest BCUT2D eigenvalue weighted by atomic mass is 16.6. The highest BCUT2D eigenvalue weighted by Crippen LogP contribution is 2.32. The first-order valence-corrected chi connectivity index (χ1v) is 10.3. The number of amides is 1. The molecule has 1 fully saturated rings. The molecule has 1 amide bonds. The van der Waals surface area contributed by atoms with Crippen LogP contribution < -0.4 is 15.0 Å². The largest absolute Gasteiger partial charge is 0.412 e. The van der Waals surface area contributed by atoms with Crippen LogP contribution in [0.25, 0.3) is 0 Å². The van der Waals surface area contributed by atoms with E-state index in [1.54, 1.807) is 0 Å². The Bertz CT molecular complexity index is 809. The van der Waals surface area contributed by atoms with Gasteiger partial charge in [-0.25, -0.2) is 4.79 Å². The zero-order valence-electron chi connectivity index (χ0n) is 16.6. The number of carbonyl (C=O) groups is 1. The standard InChI is InChI=1S/C23H29N3O2/c1-2-25-13-6-9-20(25)16-24-23(27)28-21-10-11-22-19(15-21)12-14-26(22)17-18-7-4-3-5-8-18/h3-5,7-8,10-11,15,20H,2,6,9,12-14,16-17H2,1H3,(H,24,27). The number of hydrogen-bond acceptors (Lipinski definition) is 4. The number of ether oxygens (including phenoxy) is 1. The number of anilines is 1. The van der Waals surface area contributed by atoms with Crippen molar-refractivity contribution in [2.45, 2.75) is 38.8 Å². The van der Waals surface area contributed by atoms with E-state index >= 15 is 0 Å². The lowest BCUT2D eigenvalue weighted by Crippen LogP contribution is -2.40. The summed E-state index contributed by atoms with van der Waals surface area (Å²) in [4.78, 5) is 17.0. The number of rotatable bonds is 6. The average molecular weight is 380 g/mol. The normalized spacial score (nSPS) is 18.9. The van der Waals surface area contributed by atoms with Gasteiger partial charge in [-0.05, 0) is 61.7 Å². The minimum Gasteiger partial charge on any atom is -0.410 e. The molecule has 0 spiro atoms. The van der Waals surface area contributed by atoms with Gasteiger partial charge in [0.1, 0.15) is 5.75 Å². The maximum atomic E-state index is 12.2. The molecule has 0 aliphatic carbocycles. The minimum absolute atomic E-state index is 0.359. The molecule has 5 nitrogen and oxygen atoms in total. The van der Waals surface area contributed by atoms with Gasteiger partial charge < -0.3 is 15.0 Å². The Labute approximate surface area is 167 Å². The summed E-state index contributed by atoms with van der Waals surface area (Å²) in [5.41, 5.74) is 3.79. The van der Waals surface area contributed by atoms with Crippen LogP contribution in [0.15, 0.2) is 48.5 Å². The predicted molar refractivity (Wildman–Crippen MR) is 112 cm³/mol. The molecule has 2 aliphatic heterocycles. The molecular formula is C23H29N3O2. The van der Waals surface area contributed by atoms with Crippen molar-refractivity contribution in [1.29, 1.82) is 0 Å². The summed E-state index contributed by atoms with van der Waals surface area (Å²) in [6.07, 6.45) is 2.97. The molecule has 1 N–H and O–H groups in total. The van der Waals surface area contributed by atoms with Crippen molar-refractivity contribution in [2.24, 2.45) is 0 Å². The van der Waals surface area contributed by atoms with E-state index in [1.165, 1.54) is 23.2 Å². The van der Waals surface area contributed by atoms with Gasteiger partial charge in [0.15, 0.2) is 0 Å². The van der Waals surface area contributed by atoms with E-state index in [9.17, 15) is 4.79 Å². The Kier molecular flexibility index (Phi) is 5.81. The van der Waals surface area contributed by atoms with E-state index in [2.05, 4.69) is 52.4 Å². The highest BCUT2D eigenvalue weighted by molar-refractivity contribution is 5.71. The number of hydrogen-bond donors (Lipinski definition) is 1. The number of nitrogens with one attached hydrogen (secondary N) is 1. The third-order valence-electron chi connectivity index (χ3n) is 5.86. The second kappa shape index (κ2) is 8.65. The summed E-state index contributed by atoms with van der Waals surface area (Å²) in [5.74, 6) is 0.622. The quantitative estimate of drug-likeness (QED) is 0.829. The van der Waals surface area contributed by atoms with Gasteiger partial charge in [0, 0.05) is 31.4 Å². The zero-order valence-corrected chi connectivity index (χ0v) is 16.6. The molecule has 1 atom stereocenters. The summed E-state index contributed by atoms with van der Waals surface area (Å²) >= 11 is 0. The van der Waals surface area contributed by atoms with E-state index in [-0.39, 0.29) is 6.09 Å². The van der Waals surface area contributed by atoms with Crippen LogP contribution in [-0.4, -0.2) is 43.2 Å². The Hall–Kier alpha value is -2.53. The van der Waals surface area contributed by atoms with Gasteiger partial charge in [0.05, 0.1) is 0 Å². The summed E-state index contributed by atoms with van der Waals surface area (Å²) < 4.78 is 5.53. The van der Waals surface area contributed by atoms with Gasteiger partial charge in [-0.2, -0.15) is 0 Å². The van der Waals surface area contributed by atoms with Gasteiger partial charge in [-0.1, -0.05) is 37.3 Å². The summed E-state index contributed by atoms with van der Waals surface area (Å²) in [6, 6.07) is 16.9. The Morgan fingerprint density at radius 3 is 2.86 bits per heavy atom. The number of nitrogens with zero attached hydrogens (tertiary/aromatic N) is 2. The second-order valence-electron chi connectivity index (χ2n) is 7.64. The van der Waals surface area contributed by atoms with Crippen molar-refractivity contribution in [3.8, 4) is 5.75 Å². The van der Waals surface area contributed by atoms with Gasteiger partial charge in [-0.15, -0.1) is 0 Å². The number of likely N-dealkylation sites (N-methyl/N-ethyl adjacent to an activating group) is 1. The fourth-order valence-corrected chi connectivity index (χ4v) is 4.36. The third-order valence-corrected chi connectivity index (χ3v) is 5.86. The van der Waals surface area contributed by atoms with Gasteiger partial charge in [-0.3, -0.25) is 4.90 Å². The second-order valence-corrected chi connectivity index (χ2v) is 7.64. The average Bonchev–Trinajstić information content (AvgIpc) is 3.33. The molecule has 0 saturated carbocycles. The maximum absolute atomic E-state index is 12.2. The zero-order chi connectivity index (χ0) is 19.3. The molecule has 0 bridgehead atoms. The van der Waals surface area contributed by atoms with Crippen LogP contribution in [0.5, 0.6) is 5.75 Å². The SMILES string of the molecule is CCN1CCCC1CNC(=O)Oc1ccc2c(c1)CCN2Cc1ccccc1. The van der Waals surface area contributed by atoms with Crippen molar-refractivity contribution >= 4 is 11.8 Å². The van der Waals surface area contributed by atoms with Crippen molar-refractivity contribution in [2.75, 3.05) is 31.1 Å². The molecule has 0 aromatic heterocycles. The third kappa shape index (κ3) is 4.30. The molecule has 2 aliphatic rings. The fourth-order valence-electron chi connectivity index (χ4n) is 4.36. The summed E-state index contributed by atoms with van der Waals surface area (Å²) in [5, 5.41) is 2.93. The predicted octanol–water partition coefficient (Wildman–Crippen LogP) is 3.82. The van der Waals surface area contributed by atoms with E-state index in [0.29, 0.717) is 18.3 Å². The molecule has 0 radical (unpaired) electrons. The first-order valence-electron chi connectivity index (χ1n) is 10.3. The lowest BCUT2D eigenvalue weighted by molar-refractivity contribution is 0.193. The molecule has 148 valence electrons. The molecule has 5 heteroatoms. The summed E-state index contributed by atoms with van der Waals surface area (Å²) in [7, 11) is 0. The van der Waals surface area contributed by atoms with Crippen molar-refractivity contribution in [3.63, 3.8) is 0 Å². The number of likely N-dealkylation sites (tertiary alicyclic amines) is 1. The number of benzene rings is 2. The number of fused-ring (bicyclic) bond motifs is 1. The maximum Gasteiger partial charge on any atom is 0.412 e. The van der Waals surface area contributed by atoms with Crippen LogP contribution in [0.1, 0.15) is 30.9 Å². The van der Waals surface area contributed by atoms with Gasteiger partial charge in [0.25, 0.3) is 0 Å². The van der Waals surface area contributed by atoms with E-state index in [4.69, 9.17) is 4.74 Å². The molecule has 4 rings (SSSR count). The number of carbonyl (C=O) groups excluding carboxylic acids is 1. The van der Waals surface area contributed by atoms with Crippen molar-refractivity contribution in [1.82, 2.24) is 10.2 Å². The van der Waals surface area contributed by atoms with Crippen LogP contribution >= 0.6 is 0 Å². The van der Waals surface area contributed by atoms with Crippen LogP contribution in [0.4, 0.5) is 10.5 Å². The van der Waals surface area contributed by atoms with E-state index in [0.717, 1.165) is 39.0 Å². The van der Waals surface area contributed by atoms with Gasteiger partial charge in [0.2, 0.25) is 0 Å². The fraction of sp³-hybridized carbons (Fsp3) is 0.435. The first-order chi connectivity index (χ1) is 13.7. The minimum atomic E-state index is -0.359. The van der Waals surface area contributed by atoms with E-state index in [1.807, 2.05) is 18.2 Å². The lowest BCUT2D eigenvalue weighted by Gasteiger charge is -2.22. The molecule has 2 aromatic rings. The van der Waals surface area contributed by atoms with Crippen LogP contribution in [0.2, 0.25) is 0 Å². The summed E-state index contributed by atoms with van der Waals surface area (Å²) in [6.45, 7) is 6.89. The molecular weight excluding hydrogens is 350 g/mol. The molecule has 2 aromatic carbocycles. The molecule has 28 heavy (non-hydrogen) atoms. The van der Waals surface area contributed by atoms with Crippen molar-refractivity contribution < 1.29 is 9.53 Å². The Morgan fingerprint density at radius 1 is 1.18 bits per heavy atom. The van der Waals surface area contributed by atoms with E-state index < -0.39 is 0 Å². The topological polar surface area (TPSA) is 44.8 Å². The smallest absolute Gasteiger partial charge is 0.410 e. The lowest BCUT2D eigenvalue weighted by atomic mass is 10.1. The monoisotopic (exact) mass is 379 g/mol. The van der Waals surface area contributed by atoms with Crippen LogP contribution in [0, 0.1) is 0 Å². The Balaban J connectivity index is 1.32. The van der Waals surface area contributed by atoms with Crippen LogP contribution in [-0.2, 0) is 13.0 Å². The molecule has 1 unspecified atom stereocenters. The van der Waals surface area contributed by atoms with Crippen LogP contribution in [0.3, 0.4) is 0 Å². The van der Waals surface area contributed by atoms with Crippen molar-refractivity contribution in [3.05, 3.63) is 59.7 Å². The Morgan fingerprint density at radius 2 is 2.04 bits per heavy atom. The highest BCUT2D eigenvalue weighted by Gasteiger charge is 2.24.